The largest absolute Gasteiger partial charge is 0.450 e. The highest BCUT2D eigenvalue weighted by Crippen LogP contribution is 2.20. The fourth-order valence-electron chi connectivity index (χ4n) is 1.08. The average molecular weight is 213 g/mol. The van der Waals surface area contributed by atoms with Gasteiger partial charge in [-0.3, -0.25) is 0 Å². The molecule has 1 heterocycles. The third-order valence-corrected chi connectivity index (χ3v) is 3.05. The first kappa shape index (κ1) is 11.0. The van der Waals surface area contributed by atoms with Crippen LogP contribution < -0.4 is 5.32 Å². The molecule has 78 valence electrons. The average Bonchev–Trinajstić information content (AvgIpc) is 2.44. The molecule has 3 nitrogen and oxygen atoms in total. The van der Waals surface area contributed by atoms with Crippen LogP contribution in [0.4, 0.5) is 4.79 Å². The summed E-state index contributed by atoms with van der Waals surface area (Å²) in [5.74, 6) is 0. The Bertz CT molecular complexity index is 300. The summed E-state index contributed by atoms with van der Waals surface area (Å²) in [4.78, 5) is 13.4. The predicted octanol–water partition coefficient (Wildman–Crippen LogP) is 2.61. The van der Waals surface area contributed by atoms with E-state index in [9.17, 15) is 4.79 Å². The van der Waals surface area contributed by atoms with E-state index in [-0.39, 0.29) is 6.09 Å². The van der Waals surface area contributed by atoms with E-state index in [1.165, 1.54) is 10.4 Å². The van der Waals surface area contributed by atoms with Gasteiger partial charge in [0.15, 0.2) is 0 Å². The molecule has 0 bridgehead atoms. The lowest BCUT2D eigenvalue weighted by molar-refractivity contribution is 0.152. The third kappa shape index (κ3) is 3.03. The highest BCUT2D eigenvalue weighted by atomic mass is 32.1. The molecular formula is C10H15NO2S. The first-order valence-corrected chi connectivity index (χ1v) is 5.41. The van der Waals surface area contributed by atoms with E-state index in [4.69, 9.17) is 4.74 Å². The lowest BCUT2D eigenvalue weighted by atomic mass is 10.3. The highest BCUT2D eigenvalue weighted by Gasteiger charge is 2.04. The van der Waals surface area contributed by atoms with E-state index in [1.54, 1.807) is 18.3 Å². The third-order valence-electron chi connectivity index (χ3n) is 1.90. The predicted molar refractivity (Wildman–Crippen MR) is 57.7 cm³/mol. The molecule has 1 N–H and O–H groups in total. The fourth-order valence-corrected chi connectivity index (χ4v) is 2.07. The van der Waals surface area contributed by atoms with Crippen LogP contribution in [0.15, 0.2) is 6.07 Å². The summed E-state index contributed by atoms with van der Waals surface area (Å²) in [6.45, 7) is 6.90. The molecule has 0 unspecified atom stereocenters. The molecule has 0 spiro atoms. The molecule has 1 aromatic rings. The van der Waals surface area contributed by atoms with Crippen molar-refractivity contribution in [3.8, 4) is 0 Å². The molecule has 1 amide bonds. The van der Waals surface area contributed by atoms with Crippen LogP contribution >= 0.6 is 11.3 Å². The second-order valence-electron chi connectivity index (χ2n) is 3.03. The topological polar surface area (TPSA) is 38.3 Å². The molecule has 0 saturated heterocycles. The Labute approximate surface area is 88.1 Å². The van der Waals surface area contributed by atoms with Crippen molar-refractivity contribution < 1.29 is 9.53 Å². The zero-order chi connectivity index (χ0) is 10.6. The molecule has 0 radical (unpaired) electrons. The zero-order valence-corrected chi connectivity index (χ0v) is 9.53. The van der Waals surface area contributed by atoms with Crippen molar-refractivity contribution in [1.82, 2.24) is 5.32 Å². The van der Waals surface area contributed by atoms with Crippen molar-refractivity contribution in [2.45, 2.75) is 27.3 Å². The van der Waals surface area contributed by atoms with Gasteiger partial charge in [0.25, 0.3) is 0 Å². The van der Waals surface area contributed by atoms with Gasteiger partial charge in [-0.05, 0) is 32.4 Å². The normalized spacial score (nSPS) is 9.93. The van der Waals surface area contributed by atoms with E-state index in [0.717, 1.165) is 4.88 Å². The van der Waals surface area contributed by atoms with Crippen LogP contribution in [0.3, 0.4) is 0 Å². The number of carbonyl (C=O) groups excluding carboxylic acids is 1. The maximum absolute atomic E-state index is 11.0. The maximum atomic E-state index is 11.0. The summed E-state index contributed by atoms with van der Waals surface area (Å²) < 4.78 is 4.76. The number of rotatable bonds is 3. The molecule has 0 aliphatic carbocycles. The molecular weight excluding hydrogens is 198 g/mol. The molecule has 4 heteroatoms. The number of carbonyl (C=O) groups is 1. The lowest BCUT2D eigenvalue weighted by Crippen LogP contribution is -2.23. The molecule has 1 aromatic heterocycles. The molecule has 0 aliphatic heterocycles. The number of alkyl carbamates (subject to hydrolysis) is 1. The summed E-state index contributed by atoms with van der Waals surface area (Å²) in [5.41, 5.74) is 1.27. The summed E-state index contributed by atoms with van der Waals surface area (Å²) in [5, 5.41) is 2.69. The smallest absolute Gasteiger partial charge is 0.407 e. The number of nitrogens with one attached hydrogen (secondary N) is 1. The summed E-state index contributed by atoms with van der Waals surface area (Å²) in [6, 6.07) is 2.09. The monoisotopic (exact) mass is 213 g/mol. The van der Waals surface area contributed by atoms with E-state index < -0.39 is 0 Å². The first-order valence-electron chi connectivity index (χ1n) is 4.60. The number of aryl methyl sites for hydroxylation is 2. The number of ether oxygens (including phenoxy) is 1. The zero-order valence-electron chi connectivity index (χ0n) is 8.72. The Hall–Kier alpha value is -1.03. The highest BCUT2D eigenvalue weighted by molar-refractivity contribution is 7.12. The molecule has 0 fully saturated rings. The van der Waals surface area contributed by atoms with Gasteiger partial charge >= 0.3 is 6.09 Å². The van der Waals surface area contributed by atoms with E-state index in [0.29, 0.717) is 13.2 Å². The maximum Gasteiger partial charge on any atom is 0.407 e. The van der Waals surface area contributed by atoms with Crippen molar-refractivity contribution in [3.05, 3.63) is 21.4 Å². The number of hydrogen-bond acceptors (Lipinski definition) is 3. The van der Waals surface area contributed by atoms with Crippen LogP contribution in [-0.2, 0) is 11.3 Å². The van der Waals surface area contributed by atoms with Crippen LogP contribution in [-0.4, -0.2) is 12.7 Å². The minimum atomic E-state index is -0.351. The van der Waals surface area contributed by atoms with Crippen LogP contribution in [0.5, 0.6) is 0 Å². The van der Waals surface area contributed by atoms with Gasteiger partial charge in [-0.2, -0.15) is 0 Å². The second kappa shape index (κ2) is 5.00. The van der Waals surface area contributed by atoms with Crippen molar-refractivity contribution in [3.63, 3.8) is 0 Å². The van der Waals surface area contributed by atoms with Gasteiger partial charge in [0, 0.05) is 9.75 Å². The number of amides is 1. The van der Waals surface area contributed by atoms with Crippen LogP contribution in [0.1, 0.15) is 22.2 Å². The minimum Gasteiger partial charge on any atom is -0.450 e. The Balaban J connectivity index is 2.42. The van der Waals surface area contributed by atoms with Gasteiger partial charge < -0.3 is 10.1 Å². The molecule has 14 heavy (non-hydrogen) atoms. The Morgan fingerprint density at radius 3 is 2.79 bits per heavy atom. The van der Waals surface area contributed by atoms with Crippen molar-refractivity contribution >= 4 is 17.4 Å². The number of thiophene rings is 1. The summed E-state index contributed by atoms with van der Waals surface area (Å²) in [7, 11) is 0. The molecule has 0 aliphatic rings. The fraction of sp³-hybridized carbons (Fsp3) is 0.500. The van der Waals surface area contributed by atoms with Gasteiger partial charge in [-0.15, -0.1) is 11.3 Å². The second-order valence-corrected chi connectivity index (χ2v) is 4.37. The van der Waals surface area contributed by atoms with Gasteiger partial charge in [-0.1, -0.05) is 0 Å². The van der Waals surface area contributed by atoms with Gasteiger partial charge in [-0.25, -0.2) is 4.79 Å². The van der Waals surface area contributed by atoms with Crippen LogP contribution in [0.25, 0.3) is 0 Å². The number of hydrogen-bond donors (Lipinski definition) is 1. The minimum absolute atomic E-state index is 0.351. The summed E-state index contributed by atoms with van der Waals surface area (Å²) in [6.07, 6.45) is -0.351. The van der Waals surface area contributed by atoms with Crippen LogP contribution in [0, 0.1) is 13.8 Å². The summed E-state index contributed by atoms with van der Waals surface area (Å²) >= 11 is 1.70. The SMILES string of the molecule is CCOC(=O)NCc1cc(C)c(C)s1. The van der Waals surface area contributed by atoms with Gasteiger partial charge in [0.2, 0.25) is 0 Å². The lowest BCUT2D eigenvalue weighted by Gasteiger charge is -2.02. The Morgan fingerprint density at radius 2 is 2.29 bits per heavy atom. The molecule has 0 saturated carbocycles. The molecule has 1 rings (SSSR count). The Kier molecular flexibility index (Phi) is 3.95. The van der Waals surface area contributed by atoms with Crippen LogP contribution in [0.2, 0.25) is 0 Å². The standard InChI is InChI=1S/C10H15NO2S/c1-4-13-10(12)11-6-9-5-7(2)8(3)14-9/h5H,4,6H2,1-3H3,(H,11,12). The van der Waals surface area contributed by atoms with Gasteiger partial charge in [0.05, 0.1) is 13.2 Å². The van der Waals surface area contributed by atoms with E-state index in [1.807, 2.05) is 0 Å². The van der Waals surface area contributed by atoms with Crippen molar-refractivity contribution in [1.29, 1.82) is 0 Å². The molecule has 0 atom stereocenters. The van der Waals surface area contributed by atoms with Crippen molar-refractivity contribution in [2.75, 3.05) is 6.61 Å². The van der Waals surface area contributed by atoms with Crippen molar-refractivity contribution in [2.24, 2.45) is 0 Å². The van der Waals surface area contributed by atoms with E-state index >= 15 is 0 Å². The Morgan fingerprint density at radius 1 is 1.57 bits per heavy atom. The quantitative estimate of drug-likeness (QED) is 0.838. The first-order chi connectivity index (χ1) is 6.63. The molecule has 0 aromatic carbocycles. The van der Waals surface area contributed by atoms with Gasteiger partial charge in [0.1, 0.15) is 0 Å². The van der Waals surface area contributed by atoms with E-state index in [2.05, 4.69) is 25.2 Å².